The van der Waals surface area contributed by atoms with Gasteiger partial charge in [-0.2, -0.15) is 0 Å². The minimum absolute atomic E-state index is 0.0105. The van der Waals surface area contributed by atoms with E-state index in [0.717, 1.165) is 18.7 Å². The van der Waals surface area contributed by atoms with Crippen LogP contribution in [0.4, 0.5) is 4.39 Å². The molecule has 0 aromatic heterocycles. The van der Waals surface area contributed by atoms with Gasteiger partial charge in [0.2, 0.25) is 5.91 Å². The fourth-order valence-corrected chi connectivity index (χ4v) is 4.69. The van der Waals surface area contributed by atoms with Crippen molar-refractivity contribution in [1.29, 1.82) is 0 Å². The Morgan fingerprint density at radius 2 is 1.84 bits per heavy atom. The third-order valence-electron chi connectivity index (χ3n) is 5.80. The van der Waals surface area contributed by atoms with E-state index in [9.17, 15) is 17.6 Å². The predicted molar refractivity (Wildman–Crippen MR) is 120 cm³/mol. The van der Waals surface area contributed by atoms with E-state index in [0.29, 0.717) is 36.4 Å². The number of benzene rings is 2. The van der Waals surface area contributed by atoms with Crippen molar-refractivity contribution in [2.75, 3.05) is 19.3 Å². The fourth-order valence-electron chi connectivity index (χ4n) is 3.90. The van der Waals surface area contributed by atoms with Gasteiger partial charge in [-0.1, -0.05) is 36.7 Å². The molecule has 31 heavy (non-hydrogen) atoms. The molecule has 3 rings (SSSR count). The Kier molecular flexibility index (Phi) is 7.73. The van der Waals surface area contributed by atoms with Crippen LogP contribution in [0, 0.1) is 11.7 Å². The highest BCUT2D eigenvalue weighted by Crippen LogP contribution is 2.24. The van der Waals surface area contributed by atoms with Crippen LogP contribution in [0.15, 0.2) is 47.4 Å². The molecule has 1 N–H and O–H groups in total. The van der Waals surface area contributed by atoms with E-state index in [1.54, 1.807) is 36.4 Å². The molecule has 168 valence electrons. The van der Waals surface area contributed by atoms with Crippen LogP contribution in [-0.4, -0.2) is 38.6 Å². The predicted octanol–water partition coefficient (Wildman–Crippen LogP) is 4.36. The van der Waals surface area contributed by atoms with Crippen LogP contribution in [0.25, 0.3) is 0 Å². The standard InChI is InChI=1S/C23H28ClFN2O3S/c1-3-22(16-5-8-20(9-6-16)31(2,29)30)26-23(28)17-10-12-27(13-11-17)15-18-4-7-19(24)14-21(18)25/h4-9,14,17,22H,3,10-13,15H2,1-2H3,(H,26,28)/t22-/m1/s1. The lowest BCUT2D eigenvalue weighted by Crippen LogP contribution is -2.41. The molecule has 1 aliphatic rings. The van der Waals surface area contributed by atoms with E-state index >= 15 is 0 Å². The first-order valence-corrected chi connectivity index (χ1v) is 12.7. The summed E-state index contributed by atoms with van der Waals surface area (Å²) >= 11 is 5.81. The molecule has 0 unspecified atom stereocenters. The van der Waals surface area contributed by atoms with Crippen molar-refractivity contribution in [1.82, 2.24) is 10.2 Å². The number of hydrogen-bond donors (Lipinski definition) is 1. The van der Waals surface area contributed by atoms with Crippen LogP contribution < -0.4 is 5.32 Å². The molecule has 2 aromatic rings. The lowest BCUT2D eigenvalue weighted by atomic mass is 9.94. The van der Waals surface area contributed by atoms with Crippen molar-refractivity contribution in [3.8, 4) is 0 Å². The number of amides is 1. The summed E-state index contributed by atoms with van der Waals surface area (Å²) in [5.74, 6) is -0.382. The summed E-state index contributed by atoms with van der Waals surface area (Å²) in [6, 6.07) is 11.2. The highest BCUT2D eigenvalue weighted by Gasteiger charge is 2.27. The Morgan fingerprint density at radius 3 is 2.39 bits per heavy atom. The summed E-state index contributed by atoms with van der Waals surface area (Å²) in [6.07, 6.45) is 3.31. The van der Waals surface area contributed by atoms with E-state index < -0.39 is 9.84 Å². The first-order chi connectivity index (χ1) is 14.7. The maximum Gasteiger partial charge on any atom is 0.223 e. The molecule has 1 saturated heterocycles. The topological polar surface area (TPSA) is 66.5 Å². The highest BCUT2D eigenvalue weighted by molar-refractivity contribution is 7.90. The second-order valence-electron chi connectivity index (χ2n) is 8.10. The van der Waals surface area contributed by atoms with Crippen molar-refractivity contribution >= 4 is 27.3 Å². The molecule has 8 heteroatoms. The molecule has 1 aliphatic heterocycles. The zero-order chi connectivity index (χ0) is 22.6. The van der Waals surface area contributed by atoms with Crippen LogP contribution in [0.1, 0.15) is 43.4 Å². The van der Waals surface area contributed by atoms with Gasteiger partial charge in [0.25, 0.3) is 0 Å². The average molecular weight is 467 g/mol. The van der Waals surface area contributed by atoms with Crippen LogP contribution >= 0.6 is 11.6 Å². The normalized spacial score (nSPS) is 16.8. The number of carbonyl (C=O) groups is 1. The SMILES string of the molecule is CC[C@@H](NC(=O)C1CCN(Cc2ccc(Cl)cc2F)CC1)c1ccc(S(C)(=O)=O)cc1. The monoisotopic (exact) mass is 466 g/mol. The largest absolute Gasteiger partial charge is 0.349 e. The summed E-state index contributed by atoms with van der Waals surface area (Å²) in [7, 11) is -3.25. The Bertz CT molecular complexity index is 1020. The lowest BCUT2D eigenvalue weighted by molar-refractivity contribution is -0.127. The summed E-state index contributed by atoms with van der Waals surface area (Å²) in [6.45, 7) is 3.93. The Hall–Kier alpha value is -1.96. The number of piperidine rings is 1. The van der Waals surface area contributed by atoms with E-state index in [2.05, 4.69) is 10.2 Å². The van der Waals surface area contributed by atoms with Gasteiger partial charge in [0.15, 0.2) is 9.84 Å². The molecule has 0 saturated carbocycles. The van der Waals surface area contributed by atoms with Crippen LogP contribution in [0.5, 0.6) is 0 Å². The number of nitrogens with one attached hydrogen (secondary N) is 1. The third kappa shape index (κ3) is 6.28. The summed E-state index contributed by atoms with van der Waals surface area (Å²) in [4.78, 5) is 15.2. The zero-order valence-electron chi connectivity index (χ0n) is 17.8. The number of rotatable bonds is 7. The van der Waals surface area contributed by atoms with Gasteiger partial charge < -0.3 is 5.32 Å². The van der Waals surface area contributed by atoms with Crippen molar-refractivity contribution in [3.05, 3.63) is 64.4 Å². The van der Waals surface area contributed by atoms with E-state index in [4.69, 9.17) is 11.6 Å². The number of halogens is 2. The van der Waals surface area contributed by atoms with Gasteiger partial charge in [-0.3, -0.25) is 9.69 Å². The lowest BCUT2D eigenvalue weighted by Gasteiger charge is -2.32. The van der Waals surface area contributed by atoms with Gasteiger partial charge in [-0.05, 0) is 62.2 Å². The maximum atomic E-state index is 14.0. The molecule has 2 aromatic carbocycles. The van der Waals surface area contributed by atoms with Gasteiger partial charge in [-0.15, -0.1) is 0 Å². The van der Waals surface area contributed by atoms with E-state index in [1.165, 1.54) is 12.3 Å². The number of hydrogen-bond acceptors (Lipinski definition) is 4. The first-order valence-electron chi connectivity index (χ1n) is 10.4. The quantitative estimate of drug-likeness (QED) is 0.658. The van der Waals surface area contributed by atoms with Crippen LogP contribution in [0.3, 0.4) is 0 Å². The Morgan fingerprint density at radius 1 is 1.19 bits per heavy atom. The second-order valence-corrected chi connectivity index (χ2v) is 10.5. The second kappa shape index (κ2) is 10.1. The van der Waals surface area contributed by atoms with Gasteiger partial charge in [0, 0.05) is 29.3 Å². The minimum Gasteiger partial charge on any atom is -0.349 e. The zero-order valence-corrected chi connectivity index (χ0v) is 19.3. The molecule has 1 atom stereocenters. The van der Waals surface area contributed by atoms with Crippen molar-refractivity contribution < 1.29 is 17.6 Å². The van der Waals surface area contributed by atoms with E-state index in [-0.39, 0.29) is 28.6 Å². The van der Waals surface area contributed by atoms with Crippen molar-refractivity contribution in [3.63, 3.8) is 0 Å². The van der Waals surface area contributed by atoms with Crippen molar-refractivity contribution in [2.24, 2.45) is 5.92 Å². The van der Waals surface area contributed by atoms with E-state index in [1.807, 2.05) is 6.92 Å². The third-order valence-corrected chi connectivity index (χ3v) is 7.17. The first kappa shape index (κ1) is 23.7. The van der Waals surface area contributed by atoms with Gasteiger partial charge in [0.1, 0.15) is 5.82 Å². The number of carbonyl (C=O) groups excluding carboxylic acids is 1. The maximum absolute atomic E-state index is 14.0. The molecule has 1 heterocycles. The molecule has 1 fully saturated rings. The smallest absolute Gasteiger partial charge is 0.223 e. The fraction of sp³-hybridized carbons (Fsp3) is 0.435. The Labute approximate surface area is 188 Å². The molecule has 0 spiro atoms. The summed E-state index contributed by atoms with van der Waals surface area (Å²) in [5, 5.41) is 3.49. The minimum atomic E-state index is -3.25. The molecule has 1 amide bonds. The van der Waals surface area contributed by atoms with Gasteiger partial charge in [0.05, 0.1) is 10.9 Å². The molecular weight excluding hydrogens is 439 g/mol. The number of likely N-dealkylation sites (tertiary alicyclic amines) is 1. The molecule has 5 nitrogen and oxygen atoms in total. The highest BCUT2D eigenvalue weighted by atomic mass is 35.5. The van der Waals surface area contributed by atoms with Gasteiger partial charge in [-0.25, -0.2) is 12.8 Å². The van der Waals surface area contributed by atoms with Crippen LogP contribution in [0.2, 0.25) is 5.02 Å². The molecule has 0 aliphatic carbocycles. The van der Waals surface area contributed by atoms with Crippen molar-refractivity contribution in [2.45, 2.75) is 43.7 Å². The Balaban J connectivity index is 1.54. The molecule has 0 bridgehead atoms. The number of sulfone groups is 1. The summed E-state index contributed by atoms with van der Waals surface area (Å²) < 4.78 is 37.3. The van der Waals surface area contributed by atoms with Crippen LogP contribution in [-0.2, 0) is 21.2 Å². The average Bonchev–Trinajstić information content (AvgIpc) is 2.74. The van der Waals surface area contributed by atoms with Gasteiger partial charge >= 0.3 is 0 Å². The molecular formula is C23H28ClFN2O3S. The molecule has 0 radical (unpaired) electrons. The number of nitrogens with zero attached hydrogens (tertiary/aromatic N) is 1. The summed E-state index contributed by atoms with van der Waals surface area (Å²) in [5.41, 5.74) is 1.50.